The summed E-state index contributed by atoms with van der Waals surface area (Å²) in [6.45, 7) is 4.04. The van der Waals surface area contributed by atoms with E-state index in [1.165, 1.54) is 17.0 Å². The summed E-state index contributed by atoms with van der Waals surface area (Å²) >= 11 is 2.73. The number of allylic oxidation sites excluding steroid dienone is 1. The van der Waals surface area contributed by atoms with Gasteiger partial charge in [0, 0.05) is 11.4 Å². The number of Topliss-reactive ketones (excluding diaryl/α,β-unsaturated/α-hetero) is 1. The number of carbonyl (C=O) groups is 1. The largest absolute Gasteiger partial charge is 0.293 e. The standard InChI is InChI=1S/C20H17FN2O2S2/c1-2-10-23-19(25)17-13-7-5-9-16(13)27-18(17)22-20(23)26-11-15(24)12-6-3-4-8-14(12)21/h2-4,6,8H,1,5,7,9-11H2. The van der Waals surface area contributed by atoms with Gasteiger partial charge < -0.3 is 0 Å². The van der Waals surface area contributed by atoms with E-state index in [0.29, 0.717) is 17.1 Å². The van der Waals surface area contributed by atoms with Crippen molar-refractivity contribution in [1.29, 1.82) is 0 Å². The van der Waals surface area contributed by atoms with E-state index in [2.05, 4.69) is 11.6 Å². The molecule has 0 amide bonds. The number of rotatable bonds is 6. The van der Waals surface area contributed by atoms with Gasteiger partial charge in [-0.25, -0.2) is 9.37 Å². The molecule has 1 aromatic carbocycles. The third-order valence-corrected chi connectivity index (χ3v) is 6.77. The molecule has 27 heavy (non-hydrogen) atoms. The summed E-state index contributed by atoms with van der Waals surface area (Å²) in [6.07, 6.45) is 4.63. The molecule has 2 heterocycles. The molecular weight excluding hydrogens is 383 g/mol. The number of benzene rings is 1. The van der Waals surface area contributed by atoms with Crippen LogP contribution in [0.25, 0.3) is 10.2 Å². The number of hydrogen-bond donors (Lipinski definition) is 0. The van der Waals surface area contributed by atoms with Crippen molar-refractivity contribution < 1.29 is 9.18 Å². The van der Waals surface area contributed by atoms with E-state index in [9.17, 15) is 14.0 Å². The predicted molar refractivity (Wildman–Crippen MR) is 108 cm³/mol. The minimum atomic E-state index is -0.537. The summed E-state index contributed by atoms with van der Waals surface area (Å²) in [4.78, 5) is 32.1. The number of ketones is 1. The van der Waals surface area contributed by atoms with Crippen LogP contribution in [0.1, 0.15) is 27.2 Å². The van der Waals surface area contributed by atoms with E-state index in [4.69, 9.17) is 0 Å². The Kier molecular flexibility index (Phi) is 4.97. The summed E-state index contributed by atoms with van der Waals surface area (Å²) in [5, 5.41) is 1.18. The number of nitrogens with zero attached hydrogens (tertiary/aromatic N) is 2. The minimum Gasteiger partial charge on any atom is -0.293 e. The van der Waals surface area contributed by atoms with Crippen molar-refractivity contribution in [3.05, 3.63) is 69.1 Å². The molecule has 7 heteroatoms. The summed E-state index contributed by atoms with van der Waals surface area (Å²) < 4.78 is 15.4. The van der Waals surface area contributed by atoms with E-state index in [0.717, 1.165) is 41.4 Å². The molecule has 4 nitrogen and oxygen atoms in total. The molecule has 0 bridgehead atoms. The van der Waals surface area contributed by atoms with Gasteiger partial charge >= 0.3 is 0 Å². The highest BCUT2D eigenvalue weighted by Crippen LogP contribution is 2.35. The lowest BCUT2D eigenvalue weighted by Gasteiger charge is -2.10. The maximum atomic E-state index is 13.8. The molecule has 0 unspecified atom stereocenters. The molecule has 138 valence electrons. The molecule has 0 radical (unpaired) electrons. The fourth-order valence-electron chi connectivity index (χ4n) is 3.35. The second-order valence-electron chi connectivity index (χ2n) is 6.33. The average Bonchev–Trinajstić information content (AvgIpc) is 3.23. The summed E-state index contributed by atoms with van der Waals surface area (Å²) in [5.74, 6) is -0.850. The van der Waals surface area contributed by atoms with Crippen molar-refractivity contribution in [2.24, 2.45) is 0 Å². The fraction of sp³-hybridized carbons (Fsp3) is 0.250. The molecule has 2 aromatic heterocycles. The normalized spacial score (nSPS) is 13.1. The fourth-order valence-corrected chi connectivity index (χ4v) is 5.55. The van der Waals surface area contributed by atoms with E-state index in [-0.39, 0.29) is 22.7 Å². The van der Waals surface area contributed by atoms with Gasteiger partial charge in [0.25, 0.3) is 5.56 Å². The first-order valence-corrected chi connectivity index (χ1v) is 10.5. The van der Waals surface area contributed by atoms with E-state index < -0.39 is 5.82 Å². The maximum absolute atomic E-state index is 13.8. The van der Waals surface area contributed by atoms with E-state index in [1.807, 2.05) is 0 Å². The van der Waals surface area contributed by atoms with Crippen molar-refractivity contribution in [2.75, 3.05) is 5.75 Å². The molecule has 0 N–H and O–H groups in total. The van der Waals surface area contributed by atoms with Crippen molar-refractivity contribution >= 4 is 39.1 Å². The highest BCUT2D eigenvalue weighted by Gasteiger charge is 2.23. The Hall–Kier alpha value is -2.25. The van der Waals surface area contributed by atoms with Gasteiger partial charge in [-0.15, -0.1) is 17.9 Å². The number of fused-ring (bicyclic) bond motifs is 3. The summed E-state index contributed by atoms with van der Waals surface area (Å²) in [5.41, 5.74) is 1.10. The molecule has 4 rings (SSSR count). The molecule has 0 aliphatic heterocycles. The van der Waals surface area contributed by atoms with Crippen molar-refractivity contribution in [2.45, 2.75) is 31.0 Å². The zero-order valence-electron chi connectivity index (χ0n) is 14.5. The van der Waals surface area contributed by atoms with Gasteiger partial charge in [0.1, 0.15) is 10.6 Å². The lowest BCUT2D eigenvalue weighted by Crippen LogP contribution is -2.23. The molecule has 0 atom stereocenters. The van der Waals surface area contributed by atoms with Crippen LogP contribution in [0.15, 0.2) is 46.9 Å². The van der Waals surface area contributed by atoms with E-state index >= 15 is 0 Å². The smallest absolute Gasteiger partial charge is 0.263 e. The lowest BCUT2D eigenvalue weighted by molar-refractivity contribution is 0.101. The molecule has 1 aliphatic carbocycles. The summed E-state index contributed by atoms with van der Waals surface area (Å²) in [6, 6.07) is 5.91. The number of halogens is 1. The van der Waals surface area contributed by atoms with Gasteiger partial charge in [0.15, 0.2) is 10.9 Å². The van der Waals surface area contributed by atoms with E-state index in [1.54, 1.807) is 34.1 Å². The first-order chi connectivity index (χ1) is 13.1. The van der Waals surface area contributed by atoms with Crippen LogP contribution in [0.5, 0.6) is 0 Å². The molecule has 3 aromatic rings. The van der Waals surface area contributed by atoms with Crippen molar-refractivity contribution in [3.8, 4) is 0 Å². The molecule has 0 saturated heterocycles. The number of aryl methyl sites for hydroxylation is 2. The molecular formula is C20H17FN2O2S2. The Bertz CT molecular complexity index is 1120. The predicted octanol–water partition coefficient (Wildman–Crippen LogP) is 4.25. The lowest BCUT2D eigenvalue weighted by atomic mass is 10.1. The topological polar surface area (TPSA) is 52.0 Å². The third kappa shape index (κ3) is 3.26. The van der Waals surface area contributed by atoms with Crippen molar-refractivity contribution in [1.82, 2.24) is 9.55 Å². The number of hydrogen-bond acceptors (Lipinski definition) is 5. The van der Waals surface area contributed by atoms with Gasteiger partial charge in [-0.2, -0.15) is 0 Å². The molecule has 0 spiro atoms. The number of thiophene rings is 1. The number of carbonyl (C=O) groups excluding carboxylic acids is 1. The second-order valence-corrected chi connectivity index (χ2v) is 8.35. The molecule has 0 saturated carbocycles. The van der Waals surface area contributed by atoms with Gasteiger partial charge in [-0.1, -0.05) is 30.0 Å². The zero-order chi connectivity index (χ0) is 19.0. The number of thioether (sulfide) groups is 1. The van der Waals surface area contributed by atoms with Gasteiger partial charge in [-0.3, -0.25) is 14.2 Å². The average molecular weight is 401 g/mol. The Morgan fingerprint density at radius 2 is 2.19 bits per heavy atom. The highest BCUT2D eigenvalue weighted by atomic mass is 32.2. The van der Waals surface area contributed by atoms with Gasteiger partial charge in [0.2, 0.25) is 0 Å². The minimum absolute atomic E-state index is 0.0150. The first-order valence-electron chi connectivity index (χ1n) is 8.66. The van der Waals surface area contributed by atoms with Crippen LogP contribution in [-0.4, -0.2) is 21.1 Å². The first kappa shape index (κ1) is 18.1. The monoisotopic (exact) mass is 400 g/mol. The van der Waals surface area contributed by atoms with Crippen LogP contribution in [0.2, 0.25) is 0 Å². The number of aromatic nitrogens is 2. The zero-order valence-corrected chi connectivity index (χ0v) is 16.2. The van der Waals surface area contributed by atoms with Crippen LogP contribution in [0.3, 0.4) is 0 Å². The third-order valence-electron chi connectivity index (χ3n) is 4.61. The van der Waals surface area contributed by atoms with Crippen LogP contribution in [-0.2, 0) is 19.4 Å². The van der Waals surface area contributed by atoms with Crippen molar-refractivity contribution in [3.63, 3.8) is 0 Å². The SMILES string of the molecule is C=CCn1c(SCC(=O)c2ccccc2F)nc2sc3c(c2c1=O)CCC3. The van der Waals surface area contributed by atoms with Gasteiger partial charge in [-0.05, 0) is 37.0 Å². The van der Waals surface area contributed by atoms with Crippen LogP contribution >= 0.6 is 23.1 Å². The van der Waals surface area contributed by atoms with Crippen LogP contribution < -0.4 is 5.56 Å². The second kappa shape index (κ2) is 7.40. The Labute approximate surface area is 163 Å². The summed E-state index contributed by atoms with van der Waals surface area (Å²) in [7, 11) is 0. The van der Waals surface area contributed by atoms with Gasteiger partial charge in [0.05, 0.1) is 16.7 Å². The Balaban J connectivity index is 1.70. The highest BCUT2D eigenvalue weighted by molar-refractivity contribution is 7.99. The molecule has 0 fully saturated rings. The van der Waals surface area contributed by atoms with Crippen LogP contribution in [0, 0.1) is 5.82 Å². The quantitative estimate of drug-likeness (QED) is 0.269. The maximum Gasteiger partial charge on any atom is 0.263 e. The Morgan fingerprint density at radius 3 is 2.96 bits per heavy atom. The Morgan fingerprint density at radius 1 is 1.37 bits per heavy atom. The van der Waals surface area contributed by atoms with Crippen LogP contribution in [0.4, 0.5) is 4.39 Å². The molecule has 1 aliphatic rings.